The van der Waals surface area contributed by atoms with Crippen LogP contribution in [0, 0.1) is 0 Å². The highest BCUT2D eigenvalue weighted by Crippen LogP contribution is 2.03. The third kappa shape index (κ3) is 1.74. The molecule has 1 aromatic carbocycles. The highest BCUT2D eigenvalue weighted by Gasteiger charge is 2.02. The summed E-state index contributed by atoms with van der Waals surface area (Å²) in [6.07, 6.45) is 0. The first-order valence-corrected chi connectivity index (χ1v) is 2.99. The van der Waals surface area contributed by atoms with Crippen molar-refractivity contribution in [3.05, 3.63) is 23.8 Å². The molecule has 0 aromatic heterocycles. The number of hydrogen-bond acceptors (Lipinski definition) is 2. The van der Waals surface area contributed by atoms with E-state index >= 15 is 0 Å². The Bertz CT molecular complexity index is 278. The molecule has 1 rings (SSSR count). The Hall–Kier alpha value is -1.45. The van der Waals surface area contributed by atoms with Crippen LogP contribution in [-0.2, 0) is 0 Å². The molecular weight excluding hydrogens is 141 g/mol. The molecule has 2 radical (unpaired) electrons. The Balaban J connectivity index is 3.19. The topological polar surface area (TPSA) is 63.3 Å². The second-order valence-electron chi connectivity index (χ2n) is 2.19. The number of hydrogen-bond donors (Lipinski definition) is 2. The summed E-state index contributed by atoms with van der Waals surface area (Å²) >= 11 is 0. The maximum absolute atomic E-state index is 10.4. The highest BCUT2D eigenvalue weighted by atomic mass is 16.4. The number of rotatable bonds is 1. The molecule has 0 heterocycles. The molecule has 1 aromatic rings. The molecule has 0 aliphatic rings. The third-order valence-electron chi connectivity index (χ3n) is 1.22. The van der Waals surface area contributed by atoms with Crippen LogP contribution < -0.4 is 11.2 Å². The zero-order valence-electron chi connectivity index (χ0n) is 5.74. The van der Waals surface area contributed by atoms with Gasteiger partial charge in [-0.15, -0.1) is 0 Å². The normalized spacial score (nSPS) is 9.45. The van der Waals surface area contributed by atoms with E-state index in [4.69, 9.17) is 18.7 Å². The van der Waals surface area contributed by atoms with E-state index in [1.165, 1.54) is 18.2 Å². The first-order valence-electron chi connectivity index (χ1n) is 2.99. The number of aromatic carboxylic acids is 1. The van der Waals surface area contributed by atoms with Gasteiger partial charge >= 0.3 is 5.97 Å². The largest absolute Gasteiger partial charge is 0.478 e. The zero-order valence-corrected chi connectivity index (χ0v) is 5.74. The van der Waals surface area contributed by atoms with Crippen LogP contribution in [0.25, 0.3) is 0 Å². The van der Waals surface area contributed by atoms with E-state index in [1.807, 2.05) is 0 Å². The van der Waals surface area contributed by atoms with Crippen LogP contribution in [0.15, 0.2) is 18.2 Å². The Labute approximate surface area is 65.2 Å². The van der Waals surface area contributed by atoms with Crippen molar-refractivity contribution in [3.63, 3.8) is 0 Å². The van der Waals surface area contributed by atoms with Gasteiger partial charge in [-0.3, -0.25) is 0 Å². The summed E-state index contributed by atoms with van der Waals surface area (Å²) in [6, 6.07) is 4.23. The van der Waals surface area contributed by atoms with Crippen molar-refractivity contribution in [2.75, 3.05) is 5.73 Å². The van der Waals surface area contributed by atoms with Gasteiger partial charge in [0.05, 0.1) is 5.56 Å². The van der Waals surface area contributed by atoms with Gasteiger partial charge in [0.25, 0.3) is 0 Å². The van der Waals surface area contributed by atoms with E-state index < -0.39 is 5.97 Å². The fraction of sp³-hybridized carbons (Fsp3) is 0. The molecule has 3 N–H and O–H groups in total. The molecule has 0 spiro atoms. The lowest BCUT2D eigenvalue weighted by molar-refractivity contribution is 0.0697. The van der Waals surface area contributed by atoms with Crippen molar-refractivity contribution in [1.29, 1.82) is 0 Å². The zero-order chi connectivity index (χ0) is 8.43. The maximum Gasteiger partial charge on any atom is 0.335 e. The summed E-state index contributed by atoms with van der Waals surface area (Å²) < 4.78 is 0. The van der Waals surface area contributed by atoms with E-state index in [1.54, 1.807) is 0 Å². The van der Waals surface area contributed by atoms with Gasteiger partial charge in [0.1, 0.15) is 7.85 Å². The van der Waals surface area contributed by atoms with Crippen LogP contribution in [0.5, 0.6) is 0 Å². The third-order valence-corrected chi connectivity index (χ3v) is 1.22. The SMILES string of the molecule is [B]c1cc(N)cc(C(=O)O)c1. The summed E-state index contributed by atoms with van der Waals surface area (Å²) in [5, 5.41) is 8.52. The van der Waals surface area contributed by atoms with E-state index in [-0.39, 0.29) is 5.56 Å². The monoisotopic (exact) mass is 147 g/mol. The molecule has 0 bridgehead atoms. The van der Waals surface area contributed by atoms with Crippen LogP contribution >= 0.6 is 0 Å². The molecule has 0 aliphatic heterocycles. The number of carboxylic acid groups (broad SMARTS) is 1. The Morgan fingerprint density at radius 3 is 2.55 bits per heavy atom. The van der Waals surface area contributed by atoms with Crippen molar-refractivity contribution in [2.45, 2.75) is 0 Å². The van der Waals surface area contributed by atoms with Crippen LogP contribution in [-0.4, -0.2) is 18.9 Å². The summed E-state index contributed by atoms with van der Waals surface area (Å²) in [6.45, 7) is 0. The van der Waals surface area contributed by atoms with Crippen LogP contribution in [0.3, 0.4) is 0 Å². The number of anilines is 1. The highest BCUT2D eigenvalue weighted by molar-refractivity contribution is 6.33. The molecule has 0 saturated carbocycles. The van der Waals surface area contributed by atoms with Crippen LogP contribution in [0.4, 0.5) is 5.69 Å². The fourth-order valence-corrected chi connectivity index (χ4v) is 0.800. The lowest BCUT2D eigenvalue weighted by Gasteiger charge is -1.98. The van der Waals surface area contributed by atoms with E-state index in [0.717, 1.165) is 0 Å². The lowest BCUT2D eigenvalue weighted by Crippen LogP contribution is -2.08. The van der Waals surface area contributed by atoms with E-state index in [0.29, 0.717) is 11.2 Å². The smallest absolute Gasteiger partial charge is 0.335 e. The molecule has 3 nitrogen and oxygen atoms in total. The fourth-order valence-electron chi connectivity index (χ4n) is 0.800. The minimum atomic E-state index is -1.02. The summed E-state index contributed by atoms with van der Waals surface area (Å²) in [7, 11) is 5.35. The van der Waals surface area contributed by atoms with Gasteiger partial charge in [-0.2, -0.15) is 0 Å². The number of nitrogens with two attached hydrogens (primary N) is 1. The summed E-state index contributed by atoms with van der Waals surface area (Å²) in [4.78, 5) is 10.4. The van der Waals surface area contributed by atoms with Crippen molar-refractivity contribution in [1.82, 2.24) is 0 Å². The van der Waals surface area contributed by atoms with Gasteiger partial charge in [0.15, 0.2) is 0 Å². The van der Waals surface area contributed by atoms with Gasteiger partial charge in [-0.1, -0.05) is 11.5 Å². The standard InChI is InChI=1S/C7H6BNO2/c8-5-1-4(7(10)11)2-6(9)3-5/h1-3H,9H2,(H,10,11). The molecule has 0 unspecified atom stereocenters. The molecule has 0 amide bonds. The molecule has 11 heavy (non-hydrogen) atoms. The predicted molar refractivity (Wildman–Crippen MR) is 43.2 cm³/mol. The second-order valence-corrected chi connectivity index (χ2v) is 2.19. The van der Waals surface area contributed by atoms with Gasteiger partial charge < -0.3 is 10.8 Å². The molecular formula is C7H6BNO2. The average molecular weight is 147 g/mol. The molecule has 4 heteroatoms. The molecule has 0 fully saturated rings. The molecule has 0 atom stereocenters. The van der Waals surface area contributed by atoms with Crippen LogP contribution in [0.2, 0.25) is 0 Å². The quantitative estimate of drug-likeness (QED) is 0.425. The maximum atomic E-state index is 10.4. The van der Waals surface area contributed by atoms with Gasteiger partial charge in [0, 0.05) is 5.69 Å². The lowest BCUT2D eigenvalue weighted by atomic mass is 9.94. The van der Waals surface area contributed by atoms with Gasteiger partial charge in [-0.25, -0.2) is 4.79 Å². The predicted octanol–water partition coefficient (Wildman–Crippen LogP) is -0.239. The van der Waals surface area contributed by atoms with Crippen molar-refractivity contribution in [2.24, 2.45) is 0 Å². The van der Waals surface area contributed by atoms with Crippen molar-refractivity contribution >= 4 is 25.0 Å². The molecule has 54 valence electrons. The molecule has 0 saturated heterocycles. The van der Waals surface area contributed by atoms with Gasteiger partial charge in [0.2, 0.25) is 0 Å². The number of benzene rings is 1. The molecule has 0 aliphatic carbocycles. The minimum absolute atomic E-state index is 0.113. The summed E-state index contributed by atoms with van der Waals surface area (Å²) in [5.74, 6) is -1.02. The van der Waals surface area contributed by atoms with Gasteiger partial charge in [-0.05, 0) is 12.1 Å². The number of carbonyl (C=O) groups is 1. The van der Waals surface area contributed by atoms with E-state index in [9.17, 15) is 4.79 Å². The number of nitrogen functional groups attached to an aromatic ring is 1. The number of carboxylic acids is 1. The average Bonchev–Trinajstić information content (AvgIpc) is 1.85. The second kappa shape index (κ2) is 2.66. The Morgan fingerprint density at radius 1 is 1.45 bits per heavy atom. The first-order chi connectivity index (χ1) is 5.09. The summed E-state index contributed by atoms with van der Waals surface area (Å²) in [5.41, 5.74) is 6.19. The Morgan fingerprint density at radius 2 is 2.09 bits per heavy atom. The van der Waals surface area contributed by atoms with Crippen molar-refractivity contribution in [3.8, 4) is 0 Å². The Kier molecular flexibility index (Phi) is 1.85. The first kappa shape index (κ1) is 7.66. The van der Waals surface area contributed by atoms with Crippen molar-refractivity contribution < 1.29 is 9.90 Å². The van der Waals surface area contributed by atoms with Crippen LogP contribution in [0.1, 0.15) is 10.4 Å². The minimum Gasteiger partial charge on any atom is -0.478 e. The van der Waals surface area contributed by atoms with E-state index in [2.05, 4.69) is 0 Å².